The van der Waals surface area contributed by atoms with Crippen LogP contribution in [0.4, 0.5) is 5.69 Å². The first-order chi connectivity index (χ1) is 19.2. The largest absolute Gasteiger partial charge is 0.465 e. The highest BCUT2D eigenvalue weighted by Gasteiger charge is 2.66. The number of rotatable bonds is 7. The van der Waals surface area contributed by atoms with Crippen LogP contribution in [0, 0.1) is 25.7 Å². The summed E-state index contributed by atoms with van der Waals surface area (Å²) in [6.45, 7) is 7.10. The molecule has 1 aliphatic heterocycles. The van der Waals surface area contributed by atoms with E-state index >= 15 is 0 Å². The summed E-state index contributed by atoms with van der Waals surface area (Å²) in [7, 11) is 0. The molecule has 3 aromatic rings. The van der Waals surface area contributed by atoms with Gasteiger partial charge in [0.15, 0.2) is 5.78 Å². The molecule has 0 aromatic heterocycles. The van der Waals surface area contributed by atoms with Crippen molar-refractivity contribution in [2.24, 2.45) is 11.8 Å². The van der Waals surface area contributed by atoms with Gasteiger partial charge in [0, 0.05) is 18.1 Å². The Labute approximate surface area is 234 Å². The number of allylic oxidation sites excluding steroid dienone is 1. The van der Waals surface area contributed by atoms with Crippen LogP contribution in [0.1, 0.15) is 52.9 Å². The fourth-order valence-corrected chi connectivity index (χ4v) is 6.29. The van der Waals surface area contributed by atoms with Gasteiger partial charge in [-0.3, -0.25) is 19.2 Å². The lowest BCUT2D eigenvalue weighted by molar-refractivity contribution is -0.152. The van der Waals surface area contributed by atoms with E-state index in [1.807, 2.05) is 50.2 Å². The summed E-state index contributed by atoms with van der Waals surface area (Å²) in [5.74, 6) is -3.60. The minimum absolute atomic E-state index is 0.0949. The topological polar surface area (TPSA) is 80.8 Å². The maximum absolute atomic E-state index is 14.5. The van der Waals surface area contributed by atoms with Gasteiger partial charge < -0.3 is 4.74 Å². The van der Waals surface area contributed by atoms with Gasteiger partial charge in [-0.1, -0.05) is 83.9 Å². The zero-order valence-corrected chi connectivity index (χ0v) is 23.3. The third-order valence-corrected chi connectivity index (χ3v) is 8.16. The van der Waals surface area contributed by atoms with Crippen molar-refractivity contribution in [3.05, 3.63) is 112 Å². The number of benzene rings is 3. The van der Waals surface area contributed by atoms with Crippen LogP contribution in [0.3, 0.4) is 0 Å². The van der Waals surface area contributed by atoms with E-state index < -0.39 is 35.0 Å². The summed E-state index contributed by atoms with van der Waals surface area (Å²) in [5.41, 5.74) is 3.45. The Morgan fingerprint density at radius 1 is 0.900 bits per heavy atom. The smallest absolute Gasteiger partial charge is 0.315 e. The average molecular weight is 536 g/mol. The summed E-state index contributed by atoms with van der Waals surface area (Å²) in [6, 6.07) is 22.4. The molecule has 0 bridgehead atoms. The number of Topliss-reactive ketones (excluding diaryl/α,β-unsaturated/α-hetero) is 1. The van der Waals surface area contributed by atoms with Crippen LogP contribution in [-0.4, -0.2) is 30.2 Å². The Bertz CT molecular complexity index is 1520. The second-order valence-electron chi connectivity index (χ2n) is 10.7. The SMILES string of the molecule is CCOC(=O)[C@H]1C(C(=O)c2ccc(C)cc2)=C[C@H](CCc2ccc(C)cc2)[C@@]12C(=O)N(C(C)=O)c1ccccc12. The number of carbonyl (C=O) groups is 4. The van der Waals surface area contributed by atoms with Gasteiger partial charge in [0.1, 0.15) is 11.3 Å². The van der Waals surface area contributed by atoms with E-state index in [9.17, 15) is 19.2 Å². The number of hydrogen-bond acceptors (Lipinski definition) is 5. The zero-order valence-electron chi connectivity index (χ0n) is 23.3. The van der Waals surface area contributed by atoms with Gasteiger partial charge in [-0.15, -0.1) is 0 Å². The molecule has 2 aliphatic rings. The van der Waals surface area contributed by atoms with Gasteiger partial charge in [-0.25, -0.2) is 4.90 Å². The van der Waals surface area contributed by atoms with Crippen LogP contribution in [0.15, 0.2) is 84.4 Å². The van der Waals surface area contributed by atoms with Crippen molar-refractivity contribution in [2.75, 3.05) is 11.5 Å². The molecule has 6 heteroatoms. The van der Waals surface area contributed by atoms with Crippen LogP contribution in [0.5, 0.6) is 0 Å². The van der Waals surface area contributed by atoms with E-state index in [-0.39, 0.29) is 18.0 Å². The molecule has 0 saturated heterocycles. The first-order valence-electron chi connectivity index (χ1n) is 13.7. The number of nitrogens with zero attached hydrogens (tertiary/aromatic N) is 1. The zero-order chi connectivity index (χ0) is 28.6. The molecule has 2 amide bonds. The number of hydrogen-bond donors (Lipinski definition) is 0. The van der Waals surface area contributed by atoms with Crippen molar-refractivity contribution in [3.8, 4) is 0 Å². The maximum atomic E-state index is 14.5. The lowest BCUT2D eigenvalue weighted by Gasteiger charge is -2.35. The molecule has 40 heavy (non-hydrogen) atoms. The molecule has 1 aliphatic carbocycles. The highest BCUT2D eigenvalue weighted by molar-refractivity contribution is 6.25. The molecule has 3 aromatic carbocycles. The van der Waals surface area contributed by atoms with Crippen LogP contribution in [0.25, 0.3) is 0 Å². The molecular formula is C34H33NO5. The Balaban J connectivity index is 1.70. The van der Waals surface area contributed by atoms with Crippen molar-refractivity contribution in [3.63, 3.8) is 0 Å². The summed E-state index contributed by atoms with van der Waals surface area (Å²) in [6.07, 6.45) is 2.92. The summed E-state index contributed by atoms with van der Waals surface area (Å²) >= 11 is 0. The fraction of sp³-hybridized carbons (Fsp3) is 0.294. The lowest BCUT2D eigenvalue weighted by atomic mass is 9.64. The van der Waals surface area contributed by atoms with E-state index in [1.165, 1.54) is 6.92 Å². The third kappa shape index (κ3) is 4.37. The van der Waals surface area contributed by atoms with Crippen LogP contribution in [0.2, 0.25) is 0 Å². The number of amides is 2. The molecule has 0 unspecified atom stereocenters. The minimum atomic E-state index is -1.48. The number of anilines is 1. The van der Waals surface area contributed by atoms with Crippen LogP contribution >= 0.6 is 0 Å². The van der Waals surface area contributed by atoms with Crippen LogP contribution in [-0.2, 0) is 31.0 Å². The molecule has 0 radical (unpaired) electrons. The number of ketones is 1. The first-order valence-corrected chi connectivity index (χ1v) is 13.7. The van der Waals surface area contributed by atoms with E-state index in [0.717, 1.165) is 21.6 Å². The van der Waals surface area contributed by atoms with Crippen molar-refractivity contribution >= 4 is 29.3 Å². The van der Waals surface area contributed by atoms with E-state index in [0.29, 0.717) is 29.7 Å². The highest BCUT2D eigenvalue weighted by Crippen LogP contribution is 2.58. The monoisotopic (exact) mass is 535 g/mol. The maximum Gasteiger partial charge on any atom is 0.315 e. The second-order valence-corrected chi connectivity index (χ2v) is 10.7. The normalized spacial score (nSPS) is 21.4. The summed E-state index contributed by atoms with van der Waals surface area (Å²) < 4.78 is 5.54. The molecule has 0 fully saturated rings. The summed E-state index contributed by atoms with van der Waals surface area (Å²) in [4.78, 5) is 56.4. The molecule has 204 valence electrons. The average Bonchev–Trinajstić information content (AvgIpc) is 3.41. The molecule has 0 N–H and O–H groups in total. The fourth-order valence-electron chi connectivity index (χ4n) is 6.29. The molecule has 1 heterocycles. The number of ether oxygens (including phenoxy) is 1. The molecule has 5 rings (SSSR count). The van der Waals surface area contributed by atoms with Crippen molar-refractivity contribution < 1.29 is 23.9 Å². The van der Waals surface area contributed by atoms with Gasteiger partial charge in [0.25, 0.3) is 0 Å². The molecule has 0 saturated carbocycles. The van der Waals surface area contributed by atoms with E-state index in [4.69, 9.17) is 4.74 Å². The van der Waals surface area contributed by atoms with Crippen molar-refractivity contribution in [1.29, 1.82) is 0 Å². The van der Waals surface area contributed by atoms with Crippen molar-refractivity contribution in [2.45, 2.75) is 46.0 Å². The van der Waals surface area contributed by atoms with Gasteiger partial charge in [-0.05, 0) is 56.7 Å². The minimum Gasteiger partial charge on any atom is -0.465 e. The predicted molar refractivity (Wildman–Crippen MR) is 153 cm³/mol. The van der Waals surface area contributed by atoms with Gasteiger partial charge in [0.05, 0.1) is 12.3 Å². The third-order valence-electron chi connectivity index (χ3n) is 8.16. The standard InChI is InChI=1S/C34H33NO5/c1-5-40-32(38)30-27(31(37)25-17-12-22(3)13-18-25)20-26(19-16-24-14-10-21(2)11-15-24)34(30)28-8-6-7-9-29(28)35(23(4)36)33(34)39/h6-15,17-18,20,26,30H,5,16,19H2,1-4H3/t26-,30+,34-/m0/s1. The van der Waals surface area contributed by atoms with E-state index in [2.05, 4.69) is 0 Å². The Morgan fingerprint density at radius 3 is 2.15 bits per heavy atom. The number of fused-ring (bicyclic) bond motifs is 2. The number of esters is 1. The quantitative estimate of drug-likeness (QED) is 0.287. The van der Waals surface area contributed by atoms with E-state index in [1.54, 1.807) is 49.4 Å². The lowest BCUT2D eigenvalue weighted by Crippen LogP contribution is -2.52. The first kappa shape index (κ1) is 27.3. The van der Waals surface area contributed by atoms with Gasteiger partial charge in [-0.2, -0.15) is 0 Å². The number of imide groups is 1. The molecule has 3 atom stereocenters. The number of aryl methyl sites for hydroxylation is 3. The van der Waals surface area contributed by atoms with Gasteiger partial charge >= 0.3 is 5.97 Å². The Morgan fingerprint density at radius 2 is 1.52 bits per heavy atom. The Hall–Kier alpha value is -4.32. The number of carbonyl (C=O) groups excluding carboxylic acids is 4. The van der Waals surface area contributed by atoms with Crippen LogP contribution < -0.4 is 4.90 Å². The van der Waals surface area contributed by atoms with Gasteiger partial charge in [0.2, 0.25) is 11.8 Å². The number of para-hydroxylation sites is 1. The molecule has 1 spiro atoms. The second kappa shape index (κ2) is 10.7. The predicted octanol–water partition coefficient (Wildman–Crippen LogP) is 5.69. The summed E-state index contributed by atoms with van der Waals surface area (Å²) in [5, 5.41) is 0. The molecule has 6 nitrogen and oxygen atoms in total. The molecular weight excluding hydrogens is 502 g/mol. The van der Waals surface area contributed by atoms with Crippen molar-refractivity contribution in [1.82, 2.24) is 0 Å². The Kier molecular flexibility index (Phi) is 7.28. The highest BCUT2D eigenvalue weighted by atomic mass is 16.5.